The molecule has 3 heterocycles. The predicted octanol–water partition coefficient (Wildman–Crippen LogP) is 4.82. The van der Waals surface area contributed by atoms with E-state index in [1.54, 1.807) is 29.2 Å². The Balaban J connectivity index is 1.53. The molecule has 3 amide bonds. The Morgan fingerprint density at radius 3 is 2.53 bits per heavy atom. The number of pyridine rings is 1. The lowest BCUT2D eigenvalue weighted by Gasteiger charge is -2.28. The fourth-order valence-electron chi connectivity index (χ4n) is 4.69. The van der Waals surface area contributed by atoms with Gasteiger partial charge in [0.05, 0.1) is 23.0 Å². The summed E-state index contributed by atoms with van der Waals surface area (Å²) in [6.07, 6.45) is 1.77. The normalized spacial score (nSPS) is 19.9. The van der Waals surface area contributed by atoms with Gasteiger partial charge >= 0.3 is 6.03 Å². The molecule has 3 aromatic rings. The van der Waals surface area contributed by atoms with E-state index in [4.69, 9.17) is 16.9 Å². The number of nitrogens with zero attached hydrogens (tertiary/aromatic N) is 4. The second kappa shape index (κ2) is 7.77. The maximum atomic E-state index is 13.8. The summed E-state index contributed by atoms with van der Waals surface area (Å²) >= 11 is 6.29. The number of carbonyl (C=O) groups excluding carboxylic acids is 2. The number of imide groups is 1. The zero-order valence-corrected chi connectivity index (χ0v) is 17.9. The second-order valence-corrected chi connectivity index (χ2v) is 8.48. The van der Waals surface area contributed by atoms with E-state index in [9.17, 15) is 9.59 Å². The zero-order valence-electron chi connectivity index (χ0n) is 17.2. The first-order chi connectivity index (χ1) is 15.5. The molecule has 2 fully saturated rings. The number of carbonyl (C=O) groups is 2. The molecule has 158 valence electrons. The minimum atomic E-state index is -0.923. The van der Waals surface area contributed by atoms with Crippen LogP contribution in [0.4, 0.5) is 10.5 Å². The Morgan fingerprint density at radius 1 is 1.06 bits per heavy atom. The highest BCUT2D eigenvalue weighted by Gasteiger charge is 2.59. The van der Waals surface area contributed by atoms with Gasteiger partial charge in [0.15, 0.2) is 0 Å². The van der Waals surface area contributed by atoms with Crippen molar-refractivity contribution in [3.8, 4) is 17.3 Å². The fraction of sp³-hybridized carbons (Fsp3) is 0.200. The van der Waals surface area contributed by atoms with Crippen molar-refractivity contribution in [3.05, 3.63) is 83.0 Å². The van der Waals surface area contributed by atoms with Crippen LogP contribution in [0.3, 0.4) is 0 Å². The highest BCUT2D eigenvalue weighted by Crippen LogP contribution is 2.43. The molecule has 6 nitrogen and oxygen atoms in total. The molecule has 2 aliphatic heterocycles. The third-order valence-electron chi connectivity index (χ3n) is 6.20. The van der Waals surface area contributed by atoms with Crippen LogP contribution in [0.1, 0.15) is 24.0 Å². The molecule has 0 N–H and O–H groups in total. The van der Waals surface area contributed by atoms with E-state index < -0.39 is 5.54 Å². The first-order valence-electron chi connectivity index (χ1n) is 10.4. The van der Waals surface area contributed by atoms with Crippen molar-refractivity contribution >= 4 is 29.2 Å². The number of benzene rings is 2. The number of halogens is 1. The minimum absolute atomic E-state index is 0.218. The van der Waals surface area contributed by atoms with Crippen LogP contribution in [0.2, 0.25) is 5.15 Å². The van der Waals surface area contributed by atoms with Crippen molar-refractivity contribution in [3.63, 3.8) is 0 Å². The first kappa shape index (κ1) is 20.2. The Hall–Kier alpha value is -3.69. The monoisotopic (exact) mass is 442 g/mol. The summed E-state index contributed by atoms with van der Waals surface area (Å²) < 4.78 is 0. The topological polar surface area (TPSA) is 77.3 Å². The molecule has 0 aliphatic carbocycles. The number of nitriles is 1. The van der Waals surface area contributed by atoms with E-state index >= 15 is 0 Å². The number of urea groups is 1. The number of amides is 3. The van der Waals surface area contributed by atoms with Gasteiger partial charge in [0.1, 0.15) is 10.7 Å². The van der Waals surface area contributed by atoms with Gasteiger partial charge in [0.25, 0.3) is 5.91 Å². The molecule has 1 aromatic heterocycles. The summed E-state index contributed by atoms with van der Waals surface area (Å²) in [6.45, 7) is 0.529. The van der Waals surface area contributed by atoms with Crippen molar-refractivity contribution in [2.45, 2.75) is 24.8 Å². The molecule has 0 bridgehead atoms. The van der Waals surface area contributed by atoms with Gasteiger partial charge in [0, 0.05) is 18.5 Å². The molecule has 2 aliphatic rings. The Kier molecular flexibility index (Phi) is 4.91. The SMILES string of the molecule is N#Cc1ccc(CC23CCCN2C(=O)N(c2cc(Cl)nc(-c4ccccc4)c2)C3=O)cc1. The van der Waals surface area contributed by atoms with E-state index in [0.29, 0.717) is 36.3 Å². The number of aromatic nitrogens is 1. The minimum Gasteiger partial charge on any atom is -0.309 e. The van der Waals surface area contributed by atoms with E-state index in [1.165, 1.54) is 4.90 Å². The van der Waals surface area contributed by atoms with Crippen LogP contribution in [-0.2, 0) is 11.2 Å². The summed E-state index contributed by atoms with van der Waals surface area (Å²) in [5, 5.41) is 9.26. The smallest absolute Gasteiger partial charge is 0.309 e. The molecule has 32 heavy (non-hydrogen) atoms. The number of fused-ring (bicyclic) bond motifs is 1. The molecule has 2 saturated heterocycles. The lowest BCUT2D eigenvalue weighted by atomic mass is 9.87. The van der Waals surface area contributed by atoms with Crippen molar-refractivity contribution in [1.82, 2.24) is 9.88 Å². The van der Waals surface area contributed by atoms with Crippen LogP contribution in [0.25, 0.3) is 11.3 Å². The first-order valence-corrected chi connectivity index (χ1v) is 10.8. The van der Waals surface area contributed by atoms with Crippen molar-refractivity contribution in [2.24, 2.45) is 0 Å². The largest absolute Gasteiger partial charge is 0.332 e. The molecule has 2 aromatic carbocycles. The number of hydrogen-bond acceptors (Lipinski definition) is 4. The van der Waals surface area contributed by atoms with E-state index in [-0.39, 0.29) is 17.1 Å². The average molecular weight is 443 g/mol. The van der Waals surface area contributed by atoms with Crippen molar-refractivity contribution < 1.29 is 9.59 Å². The van der Waals surface area contributed by atoms with Gasteiger partial charge in [-0.25, -0.2) is 14.7 Å². The standard InChI is InChI=1S/C25H19ClN4O2/c26-22-14-20(13-21(28-22)19-5-2-1-3-6-19)30-23(31)25(11-4-12-29(25)24(30)32)15-17-7-9-18(16-27)10-8-17/h1-3,5-10,13-14H,4,11-12,15H2. The lowest BCUT2D eigenvalue weighted by molar-refractivity contribution is -0.123. The molecular formula is C25H19ClN4O2. The van der Waals surface area contributed by atoms with Gasteiger partial charge in [-0.2, -0.15) is 5.26 Å². The summed E-state index contributed by atoms with van der Waals surface area (Å²) in [4.78, 5) is 34.4. The zero-order chi connectivity index (χ0) is 22.3. The van der Waals surface area contributed by atoms with E-state index in [2.05, 4.69) is 11.1 Å². The fourth-order valence-corrected chi connectivity index (χ4v) is 4.89. The highest BCUT2D eigenvalue weighted by molar-refractivity contribution is 6.30. The van der Waals surface area contributed by atoms with Gasteiger partial charge in [-0.15, -0.1) is 0 Å². The molecule has 0 saturated carbocycles. The quantitative estimate of drug-likeness (QED) is 0.428. The Labute approximate surface area is 190 Å². The van der Waals surface area contributed by atoms with Crippen LogP contribution >= 0.6 is 11.6 Å². The van der Waals surface area contributed by atoms with Gasteiger partial charge in [-0.1, -0.05) is 54.1 Å². The van der Waals surface area contributed by atoms with Gasteiger partial charge in [0.2, 0.25) is 0 Å². The van der Waals surface area contributed by atoms with Crippen LogP contribution in [0.15, 0.2) is 66.7 Å². The lowest BCUT2D eigenvalue weighted by Crippen LogP contribution is -2.47. The predicted molar refractivity (Wildman–Crippen MR) is 121 cm³/mol. The summed E-state index contributed by atoms with van der Waals surface area (Å²) in [6, 6.07) is 21.7. The van der Waals surface area contributed by atoms with Gasteiger partial charge in [-0.3, -0.25) is 4.79 Å². The molecule has 0 spiro atoms. The van der Waals surface area contributed by atoms with Crippen LogP contribution in [0.5, 0.6) is 0 Å². The Morgan fingerprint density at radius 2 is 1.81 bits per heavy atom. The van der Waals surface area contributed by atoms with Crippen LogP contribution < -0.4 is 4.90 Å². The molecule has 1 unspecified atom stereocenters. The second-order valence-electron chi connectivity index (χ2n) is 8.09. The average Bonchev–Trinajstić information content (AvgIpc) is 3.32. The summed E-state index contributed by atoms with van der Waals surface area (Å²) in [5.41, 5.74) is 2.42. The van der Waals surface area contributed by atoms with Crippen LogP contribution in [0, 0.1) is 11.3 Å². The molecule has 7 heteroatoms. The molecule has 5 rings (SSSR count). The Bertz CT molecular complexity index is 1250. The highest BCUT2D eigenvalue weighted by atomic mass is 35.5. The van der Waals surface area contributed by atoms with Crippen LogP contribution in [-0.4, -0.2) is 33.9 Å². The molecule has 0 radical (unpaired) electrons. The van der Waals surface area contributed by atoms with Crippen molar-refractivity contribution in [1.29, 1.82) is 5.26 Å². The van der Waals surface area contributed by atoms with E-state index in [0.717, 1.165) is 17.5 Å². The number of hydrogen-bond donors (Lipinski definition) is 0. The number of rotatable bonds is 4. The maximum Gasteiger partial charge on any atom is 0.332 e. The van der Waals surface area contributed by atoms with E-state index in [1.807, 2.05) is 42.5 Å². The van der Waals surface area contributed by atoms with Crippen molar-refractivity contribution in [2.75, 3.05) is 11.4 Å². The third-order valence-corrected chi connectivity index (χ3v) is 6.39. The molecular weight excluding hydrogens is 424 g/mol. The van der Waals surface area contributed by atoms with Gasteiger partial charge in [-0.05, 0) is 42.7 Å². The molecule has 1 atom stereocenters. The number of anilines is 1. The third kappa shape index (κ3) is 3.22. The summed E-state index contributed by atoms with van der Waals surface area (Å²) in [7, 11) is 0. The summed E-state index contributed by atoms with van der Waals surface area (Å²) in [5.74, 6) is -0.245. The maximum absolute atomic E-state index is 13.8. The van der Waals surface area contributed by atoms with Gasteiger partial charge < -0.3 is 4.90 Å².